The van der Waals surface area contributed by atoms with Crippen LogP contribution in [0.1, 0.15) is 21.5 Å². The van der Waals surface area contributed by atoms with Gasteiger partial charge in [0.15, 0.2) is 0 Å². The highest BCUT2D eigenvalue weighted by molar-refractivity contribution is 6.33. The normalized spacial score (nSPS) is 10.2. The topological polar surface area (TPSA) is 49.3 Å². The molecule has 0 spiro atoms. The Morgan fingerprint density at radius 3 is 2.74 bits per heavy atom. The molecule has 0 aliphatic carbocycles. The van der Waals surface area contributed by atoms with Crippen molar-refractivity contribution >= 4 is 23.3 Å². The van der Waals surface area contributed by atoms with E-state index in [9.17, 15) is 4.79 Å². The first-order valence-corrected chi connectivity index (χ1v) is 6.26. The molecule has 0 aromatic heterocycles. The van der Waals surface area contributed by atoms with Gasteiger partial charge in [0.1, 0.15) is 0 Å². The van der Waals surface area contributed by atoms with Crippen molar-refractivity contribution in [1.29, 1.82) is 0 Å². The first kappa shape index (κ1) is 13.4. The van der Waals surface area contributed by atoms with Gasteiger partial charge in [0.25, 0.3) is 0 Å². The van der Waals surface area contributed by atoms with Gasteiger partial charge in [-0.05, 0) is 30.7 Å². The molecule has 2 aromatic carbocycles. The third kappa shape index (κ3) is 3.48. The Kier molecular flexibility index (Phi) is 4.07. The molecule has 0 heterocycles. The van der Waals surface area contributed by atoms with Gasteiger partial charge in [0, 0.05) is 6.54 Å². The molecule has 19 heavy (non-hydrogen) atoms. The predicted molar refractivity (Wildman–Crippen MR) is 76.9 cm³/mol. The molecule has 0 aliphatic heterocycles. The third-order valence-corrected chi connectivity index (χ3v) is 3.11. The van der Waals surface area contributed by atoms with Gasteiger partial charge >= 0.3 is 5.97 Å². The van der Waals surface area contributed by atoms with Gasteiger partial charge in [-0.25, -0.2) is 4.79 Å². The summed E-state index contributed by atoms with van der Waals surface area (Å²) in [5, 5.41) is 12.6. The van der Waals surface area contributed by atoms with Crippen molar-refractivity contribution in [3.63, 3.8) is 0 Å². The molecule has 3 nitrogen and oxygen atoms in total. The molecular formula is C15H14ClNO2. The van der Waals surface area contributed by atoms with Crippen LogP contribution in [-0.4, -0.2) is 11.1 Å². The molecule has 0 atom stereocenters. The minimum Gasteiger partial charge on any atom is -0.478 e. The molecule has 0 aliphatic rings. The number of hydrogen-bond donors (Lipinski definition) is 2. The maximum absolute atomic E-state index is 10.9. The van der Waals surface area contributed by atoms with Gasteiger partial charge in [-0.2, -0.15) is 0 Å². The standard InChI is InChI=1S/C15H14ClNO2/c1-10-3-2-4-11(7-10)9-17-14-8-12(15(18)19)5-6-13(14)16/h2-8,17H,9H2,1H3,(H,18,19). The number of anilines is 1. The lowest BCUT2D eigenvalue weighted by atomic mass is 10.1. The molecule has 0 amide bonds. The van der Waals surface area contributed by atoms with E-state index in [2.05, 4.69) is 11.4 Å². The van der Waals surface area contributed by atoms with E-state index in [1.807, 2.05) is 25.1 Å². The quantitative estimate of drug-likeness (QED) is 0.888. The van der Waals surface area contributed by atoms with Gasteiger partial charge in [0.2, 0.25) is 0 Å². The molecule has 0 saturated heterocycles. The van der Waals surface area contributed by atoms with E-state index in [1.165, 1.54) is 11.6 Å². The van der Waals surface area contributed by atoms with Crippen LogP contribution < -0.4 is 5.32 Å². The molecule has 2 aromatic rings. The average molecular weight is 276 g/mol. The SMILES string of the molecule is Cc1cccc(CNc2cc(C(=O)O)ccc2Cl)c1. The van der Waals surface area contributed by atoms with Crippen LogP contribution in [-0.2, 0) is 6.54 Å². The Hall–Kier alpha value is -2.00. The zero-order valence-electron chi connectivity index (χ0n) is 10.5. The van der Waals surface area contributed by atoms with Crippen molar-refractivity contribution in [3.8, 4) is 0 Å². The third-order valence-electron chi connectivity index (χ3n) is 2.78. The zero-order valence-corrected chi connectivity index (χ0v) is 11.2. The Morgan fingerprint density at radius 2 is 2.05 bits per heavy atom. The maximum Gasteiger partial charge on any atom is 0.335 e. The fourth-order valence-electron chi connectivity index (χ4n) is 1.81. The monoisotopic (exact) mass is 275 g/mol. The second-order valence-corrected chi connectivity index (χ2v) is 4.75. The number of benzene rings is 2. The Morgan fingerprint density at radius 1 is 1.26 bits per heavy atom. The summed E-state index contributed by atoms with van der Waals surface area (Å²) >= 11 is 6.04. The molecule has 2 N–H and O–H groups in total. The van der Waals surface area contributed by atoms with Crippen LogP contribution in [0.5, 0.6) is 0 Å². The summed E-state index contributed by atoms with van der Waals surface area (Å²) in [6.07, 6.45) is 0. The van der Waals surface area contributed by atoms with Crippen LogP contribution in [0.3, 0.4) is 0 Å². The van der Waals surface area contributed by atoms with Crippen molar-refractivity contribution in [2.75, 3.05) is 5.32 Å². The van der Waals surface area contributed by atoms with Gasteiger partial charge in [-0.3, -0.25) is 0 Å². The van der Waals surface area contributed by atoms with Crippen LogP contribution in [0, 0.1) is 6.92 Å². The van der Waals surface area contributed by atoms with Gasteiger partial charge in [-0.15, -0.1) is 0 Å². The lowest BCUT2D eigenvalue weighted by Crippen LogP contribution is -2.03. The number of halogens is 1. The Labute approximate surface area is 116 Å². The second-order valence-electron chi connectivity index (χ2n) is 4.34. The molecule has 0 radical (unpaired) electrons. The molecule has 4 heteroatoms. The van der Waals surface area contributed by atoms with Gasteiger partial charge < -0.3 is 10.4 Å². The van der Waals surface area contributed by atoms with Gasteiger partial charge in [-0.1, -0.05) is 41.4 Å². The summed E-state index contributed by atoms with van der Waals surface area (Å²) in [5.41, 5.74) is 3.15. The van der Waals surface area contributed by atoms with E-state index in [4.69, 9.17) is 16.7 Å². The summed E-state index contributed by atoms with van der Waals surface area (Å²) in [4.78, 5) is 10.9. The maximum atomic E-state index is 10.9. The minimum atomic E-state index is -0.963. The molecule has 0 unspecified atom stereocenters. The lowest BCUT2D eigenvalue weighted by Gasteiger charge is -2.10. The number of carboxylic acids is 1. The predicted octanol–water partition coefficient (Wildman–Crippen LogP) is 3.96. The van der Waals surface area contributed by atoms with E-state index in [-0.39, 0.29) is 5.56 Å². The summed E-state index contributed by atoms with van der Waals surface area (Å²) < 4.78 is 0. The van der Waals surface area contributed by atoms with E-state index >= 15 is 0 Å². The van der Waals surface area contributed by atoms with Crippen LogP contribution in [0.4, 0.5) is 5.69 Å². The van der Waals surface area contributed by atoms with Gasteiger partial charge in [0.05, 0.1) is 16.3 Å². The fourth-order valence-corrected chi connectivity index (χ4v) is 2.00. The van der Waals surface area contributed by atoms with Crippen LogP contribution in [0.2, 0.25) is 5.02 Å². The summed E-state index contributed by atoms with van der Waals surface area (Å²) in [5.74, 6) is -0.963. The molecule has 0 fully saturated rings. The molecule has 98 valence electrons. The summed E-state index contributed by atoms with van der Waals surface area (Å²) in [7, 11) is 0. The Balaban J connectivity index is 2.15. The number of hydrogen-bond acceptors (Lipinski definition) is 2. The lowest BCUT2D eigenvalue weighted by molar-refractivity contribution is 0.0697. The van der Waals surface area contributed by atoms with Crippen LogP contribution in [0.15, 0.2) is 42.5 Å². The number of aromatic carboxylic acids is 1. The summed E-state index contributed by atoms with van der Waals surface area (Å²) in [6.45, 7) is 2.63. The van der Waals surface area contributed by atoms with Crippen molar-refractivity contribution < 1.29 is 9.90 Å². The highest BCUT2D eigenvalue weighted by Gasteiger charge is 2.07. The van der Waals surface area contributed by atoms with Crippen molar-refractivity contribution in [2.45, 2.75) is 13.5 Å². The fraction of sp³-hybridized carbons (Fsp3) is 0.133. The number of carbonyl (C=O) groups is 1. The minimum absolute atomic E-state index is 0.219. The number of aryl methyl sites for hydroxylation is 1. The molecule has 2 rings (SSSR count). The molecule has 0 saturated carbocycles. The number of nitrogens with one attached hydrogen (secondary N) is 1. The Bertz CT molecular complexity index is 611. The number of rotatable bonds is 4. The number of carboxylic acid groups (broad SMARTS) is 1. The smallest absolute Gasteiger partial charge is 0.335 e. The first-order valence-electron chi connectivity index (χ1n) is 5.88. The summed E-state index contributed by atoms with van der Waals surface area (Å²) in [6, 6.07) is 12.7. The highest BCUT2D eigenvalue weighted by Crippen LogP contribution is 2.23. The van der Waals surface area contributed by atoms with E-state index in [0.29, 0.717) is 17.3 Å². The van der Waals surface area contributed by atoms with Crippen molar-refractivity contribution in [2.24, 2.45) is 0 Å². The van der Waals surface area contributed by atoms with E-state index < -0.39 is 5.97 Å². The highest BCUT2D eigenvalue weighted by atomic mass is 35.5. The van der Waals surface area contributed by atoms with E-state index in [0.717, 1.165) is 5.56 Å². The zero-order chi connectivity index (χ0) is 13.8. The van der Waals surface area contributed by atoms with Crippen molar-refractivity contribution in [1.82, 2.24) is 0 Å². The van der Waals surface area contributed by atoms with Crippen LogP contribution in [0.25, 0.3) is 0 Å². The largest absolute Gasteiger partial charge is 0.478 e. The second kappa shape index (κ2) is 5.76. The molecule has 0 bridgehead atoms. The average Bonchev–Trinajstić information content (AvgIpc) is 2.37. The first-order chi connectivity index (χ1) is 9.06. The van der Waals surface area contributed by atoms with Crippen molar-refractivity contribution in [3.05, 3.63) is 64.2 Å². The van der Waals surface area contributed by atoms with E-state index in [1.54, 1.807) is 12.1 Å². The van der Waals surface area contributed by atoms with Crippen LogP contribution >= 0.6 is 11.6 Å². The molecular weight excluding hydrogens is 262 g/mol.